The van der Waals surface area contributed by atoms with E-state index in [2.05, 4.69) is 25.8 Å². The number of thiazole rings is 1. The fourth-order valence-electron chi connectivity index (χ4n) is 3.19. The third-order valence-corrected chi connectivity index (χ3v) is 5.36. The van der Waals surface area contributed by atoms with Crippen LogP contribution in [0, 0.1) is 0 Å². The maximum atomic E-state index is 13.0. The lowest BCUT2D eigenvalue weighted by molar-refractivity contribution is -0.126. The summed E-state index contributed by atoms with van der Waals surface area (Å²) in [6.45, 7) is 0. The second-order valence-electron chi connectivity index (χ2n) is 5.79. The number of aromatic nitrogens is 5. The van der Waals surface area contributed by atoms with Crippen LogP contribution in [0.2, 0.25) is 0 Å². The zero-order valence-corrected chi connectivity index (χ0v) is 13.3. The smallest absolute Gasteiger partial charge is 0.254 e. The molecule has 1 aliphatic carbocycles. The van der Waals surface area contributed by atoms with Gasteiger partial charge < -0.3 is 0 Å². The van der Waals surface area contributed by atoms with Crippen molar-refractivity contribution in [2.45, 2.75) is 37.6 Å². The number of fused-ring (bicyclic) bond motifs is 1. The molecular formula is C15H16N6OS. The van der Waals surface area contributed by atoms with Crippen molar-refractivity contribution >= 4 is 32.6 Å². The van der Waals surface area contributed by atoms with Crippen molar-refractivity contribution in [1.82, 2.24) is 25.2 Å². The van der Waals surface area contributed by atoms with Crippen molar-refractivity contribution in [2.24, 2.45) is 0 Å². The summed E-state index contributed by atoms with van der Waals surface area (Å²) in [6.07, 6.45) is 6.14. The Bertz CT molecular complexity index is 788. The number of benzene rings is 1. The SMILES string of the molecule is O=C(Nc1nc2ccccc2s1)C1(n2cnnn2)CCCCC1. The standard InChI is InChI=1S/C15H16N6OS/c22-13(18-14-17-11-6-2-3-7-12(11)23-14)15(8-4-1-5-9-15)21-10-16-19-20-21/h2-3,6-7,10H,1,4-5,8-9H2,(H,17,18,22). The third-order valence-electron chi connectivity index (χ3n) is 4.41. The van der Waals surface area contributed by atoms with Gasteiger partial charge in [0.05, 0.1) is 10.2 Å². The van der Waals surface area contributed by atoms with Crippen LogP contribution in [0.25, 0.3) is 10.2 Å². The fourth-order valence-corrected chi connectivity index (χ4v) is 4.05. The van der Waals surface area contributed by atoms with Gasteiger partial charge in [-0.2, -0.15) is 0 Å². The predicted molar refractivity (Wildman–Crippen MR) is 87.1 cm³/mol. The Morgan fingerprint density at radius 2 is 2.04 bits per heavy atom. The Morgan fingerprint density at radius 1 is 1.22 bits per heavy atom. The monoisotopic (exact) mass is 328 g/mol. The second-order valence-corrected chi connectivity index (χ2v) is 6.82. The average molecular weight is 328 g/mol. The minimum Gasteiger partial charge on any atom is -0.300 e. The molecule has 1 fully saturated rings. The number of carbonyl (C=O) groups is 1. The molecule has 0 saturated heterocycles. The molecule has 23 heavy (non-hydrogen) atoms. The van der Waals surface area contributed by atoms with Gasteiger partial charge >= 0.3 is 0 Å². The quantitative estimate of drug-likeness (QED) is 0.798. The number of hydrogen-bond acceptors (Lipinski definition) is 6. The van der Waals surface area contributed by atoms with Crippen LogP contribution in [0.5, 0.6) is 0 Å². The van der Waals surface area contributed by atoms with Crippen LogP contribution in [0.15, 0.2) is 30.6 Å². The van der Waals surface area contributed by atoms with Crippen molar-refractivity contribution < 1.29 is 4.79 Å². The van der Waals surface area contributed by atoms with Crippen LogP contribution in [0.1, 0.15) is 32.1 Å². The van der Waals surface area contributed by atoms with Crippen molar-refractivity contribution in [3.8, 4) is 0 Å². The molecule has 1 aromatic carbocycles. The first-order valence-electron chi connectivity index (χ1n) is 7.68. The largest absolute Gasteiger partial charge is 0.300 e. The lowest BCUT2D eigenvalue weighted by Gasteiger charge is -2.34. The number of rotatable bonds is 3. The Hall–Kier alpha value is -2.35. The van der Waals surface area contributed by atoms with E-state index in [0.717, 1.165) is 42.3 Å². The third kappa shape index (κ3) is 2.48. The first kappa shape index (κ1) is 14.3. The van der Waals surface area contributed by atoms with E-state index in [-0.39, 0.29) is 5.91 Å². The summed E-state index contributed by atoms with van der Waals surface area (Å²) in [5, 5.41) is 15.0. The molecule has 1 amide bonds. The Labute approximate surface area is 136 Å². The second kappa shape index (κ2) is 5.69. The summed E-state index contributed by atoms with van der Waals surface area (Å²) >= 11 is 1.48. The molecule has 0 unspecified atom stereocenters. The lowest BCUT2D eigenvalue weighted by Crippen LogP contribution is -2.47. The van der Waals surface area contributed by atoms with Gasteiger partial charge in [-0.15, -0.1) is 5.10 Å². The van der Waals surface area contributed by atoms with Crippen LogP contribution in [-0.4, -0.2) is 31.1 Å². The molecule has 0 bridgehead atoms. The van der Waals surface area contributed by atoms with Crippen LogP contribution < -0.4 is 5.32 Å². The van der Waals surface area contributed by atoms with Gasteiger partial charge in [-0.25, -0.2) is 9.67 Å². The summed E-state index contributed by atoms with van der Waals surface area (Å²) < 4.78 is 2.66. The molecule has 118 valence electrons. The highest BCUT2D eigenvalue weighted by atomic mass is 32.1. The fraction of sp³-hybridized carbons (Fsp3) is 0.400. The van der Waals surface area contributed by atoms with Gasteiger partial charge in [-0.05, 0) is 35.4 Å². The predicted octanol–water partition coefficient (Wildman–Crippen LogP) is 2.58. The highest BCUT2D eigenvalue weighted by molar-refractivity contribution is 7.22. The molecule has 1 aliphatic rings. The molecule has 7 nitrogen and oxygen atoms in total. The van der Waals surface area contributed by atoms with E-state index in [1.807, 2.05) is 24.3 Å². The van der Waals surface area contributed by atoms with Crippen molar-refractivity contribution in [3.63, 3.8) is 0 Å². The molecule has 4 rings (SSSR count). The Balaban J connectivity index is 1.65. The van der Waals surface area contributed by atoms with Crippen molar-refractivity contribution in [1.29, 1.82) is 0 Å². The van der Waals surface area contributed by atoms with Gasteiger partial charge in [-0.3, -0.25) is 10.1 Å². The minimum atomic E-state index is -0.709. The van der Waals surface area contributed by atoms with E-state index < -0.39 is 5.54 Å². The molecule has 1 N–H and O–H groups in total. The first-order chi connectivity index (χ1) is 11.3. The van der Waals surface area contributed by atoms with Gasteiger partial charge in [0.2, 0.25) is 0 Å². The Morgan fingerprint density at radius 3 is 2.78 bits per heavy atom. The number of anilines is 1. The molecule has 0 atom stereocenters. The molecule has 0 aliphatic heterocycles. The molecule has 2 heterocycles. The summed E-state index contributed by atoms with van der Waals surface area (Å²) in [5.74, 6) is -0.0800. The number of amides is 1. The number of carbonyl (C=O) groups excluding carboxylic acids is 1. The molecule has 1 saturated carbocycles. The summed E-state index contributed by atoms with van der Waals surface area (Å²) in [4.78, 5) is 17.5. The lowest BCUT2D eigenvalue weighted by atomic mass is 9.81. The zero-order chi connectivity index (χ0) is 15.7. The van der Waals surface area contributed by atoms with Crippen LogP contribution in [0.3, 0.4) is 0 Å². The molecule has 0 radical (unpaired) electrons. The van der Waals surface area contributed by atoms with E-state index in [1.54, 1.807) is 4.68 Å². The number of tetrazole rings is 1. The first-order valence-corrected chi connectivity index (χ1v) is 8.50. The minimum absolute atomic E-state index is 0.0800. The maximum Gasteiger partial charge on any atom is 0.254 e. The van der Waals surface area contributed by atoms with Crippen LogP contribution in [-0.2, 0) is 10.3 Å². The van der Waals surface area contributed by atoms with E-state index in [1.165, 1.54) is 17.7 Å². The van der Waals surface area contributed by atoms with Gasteiger partial charge in [0.1, 0.15) is 11.9 Å². The zero-order valence-electron chi connectivity index (χ0n) is 12.5. The molecular weight excluding hydrogens is 312 g/mol. The van der Waals surface area contributed by atoms with E-state index in [9.17, 15) is 4.79 Å². The maximum absolute atomic E-state index is 13.0. The van der Waals surface area contributed by atoms with Crippen molar-refractivity contribution in [2.75, 3.05) is 5.32 Å². The Kier molecular flexibility index (Phi) is 3.53. The van der Waals surface area contributed by atoms with Crippen molar-refractivity contribution in [3.05, 3.63) is 30.6 Å². The number of nitrogens with one attached hydrogen (secondary N) is 1. The molecule has 8 heteroatoms. The average Bonchev–Trinajstić information content (AvgIpc) is 3.24. The van der Waals surface area contributed by atoms with E-state index in [4.69, 9.17) is 0 Å². The van der Waals surface area contributed by atoms with Crippen LogP contribution >= 0.6 is 11.3 Å². The van der Waals surface area contributed by atoms with Gasteiger partial charge in [0.25, 0.3) is 5.91 Å². The van der Waals surface area contributed by atoms with Gasteiger partial charge in [0.15, 0.2) is 5.13 Å². The number of hydrogen-bond donors (Lipinski definition) is 1. The van der Waals surface area contributed by atoms with E-state index >= 15 is 0 Å². The summed E-state index contributed by atoms with van der Waals surface area (Å²) in [5.41, 5.74) is 0.187. The molecule has 0 spiro atoms. The molecule has 3 aromatic rings. The number of para-hydroxylation sites is 1. The highest BCUT2D eigenvalue weighted by Crippen LogP contribution is 2.36. The summed E-state index contributed by atoms with van der Waals surface area (Å²) in [7, 11) is 0. The van der Waals surface area contributed by atoms with E-state index in [0.29, 0.717) is 5.13 Å². The topological polar surface area (TPSA) is 85.6 Å². The normalized spacial score (nSPS) is 17.2. The molecule has 2 aromatic heterocycles. The van der Waals surface area contributed by atoms with Crippen LogP contribution in [0.4, 0.5) is 5.13 Å². The van der Waals surface area contributed by atoms with Gasteiger partial charge in [-0.1, -0.05) is 42.7 Å². The van der Waals surface area contributed by atoms with Gasteiger partial charge in [0, 0.05) is 0 Å². The highest BCUT2D eigenvalue weighted by Gasteiger charge is 2.43. The summed E-state index contributed by atoms with van der Waals surface area (Å²) in [6, 6.07) is 7.85. The number of nitrogens with zero attached hydrogens (tertiary/aromatic N) is 5.